The number of ether oxygens (including phenoxy) is 2. The van der Waals surface area contributed by atoms with Gasteiger partial charge in [0.15, 0.2) is 0 Å². The Kier molecular flexibility index (Phi) is 20.9. The quantitative estimate of drug-likeness (QED) is 0.0738. The third-order valence-corrected chi connectivity index (χ3v) is 19.5. The zero-order valence-electron chi connectivity index (χ0n) is 61.6. The molecular weight excluding hydrogens is 1250 g/mol. The molecule has 0 bridgehead atoms. The largest absolute Gasteiger partial charge is 0.467 e. The number of fused-ring (bicyclic) bond motifs is 3. The minimum Gasteiger partial charge on any atom is -0.467 e. The number of rotatable bonds is 20. The molecule has 0 spiro atoms. The average Bonchev–Trinajstić information content (AvgIpc) is 1.21. The van der Waals surface area contributed by atoms with E-state index in [0.29, 0.717) is 0 Å². The van der Waals surface area contributed by atoms with Crippen molar-refractivity contribution in [2.45, 2.75) is 294 Å². The van der Waals surface area contributed by atoms with E-state index >= 15 is 14.4 Å². The van der Waals surface area contributed by atoms with Crippen LogP contribution in [-0.4, -0.2) is 171 Å². The van der Waals surface area contributed by atoms with E-state index in [1.807, 2.05) is 48.5 Å². The Morgan fingerprint density at radius 3 is 0.907 bits per heavy atom. The van der Waals surface area contributed by atoms with E-state index in [9.17, 15) is 49.2 Å². The highest BCUT2D eigenvalue weighted by atomic mass is 16.6. The van der Waals surface area contributed by atoms with E-state index in [2.05, 4.69) is 47.9 Å². The van der Waals surface area contributed by atoms with E-state index in [1.54, 1.807) is 83.1 Å². The van der Waals surface area contributed by atoms with E-state index in [0.717, 1.165) is 44.6 Å². The molecule has 0 saturated carbocycles. The van der Waals surface area contributed by atoms with Gasteiger partial charge in [0.1, 0.15) is 56.5 Å². The first kappa shape index (κ1) is 78.7. The monoisotopic (exact) mass is 1360 g/mol. The molecule has 97 heavy (non-hydrogen) atoms. The summed E-state index contributed by atoms with van der Waals surface area (Å²) in [6.45, 7) is 35.8. The van der Waals surface area contributed by atoms with Crippen LogP contribution in [0.1, 0.15) is 222 Å². The maximum Gasteiger partial charge on any atom is 0.408 e. The molecule has 9 N–H and O–H groups in total. The predicted octanol–water partition coefficient (Wildman–Crippen LogP) is 5.51. The predicted molar refractivity (Wildman–Crippen MR) is 358 cm³/mol. The van der Waals surface area contributed by atoms with E-state index in [1.165, 1.54) is 83.1 Å². The molecule has 2 aromatic rings. The molecule has 0 unspecified atom stereocenters. The van der Waals surface area contributed by atoms with Gasteiger partial charge in [-0.3, -0.25) is 38.4 Å². The lowest BCUT2D eigenvalue weighted by Crippen LogP contribution is -2.77. The van der Waals surface area contributed by atoms with Gasteiger partial charge < -0.3 is 57.3 Å². The fraction of sp³-hybridized carbons (Fsp3) is 0.686. The number of carbonyl (C=O) groups excluding carboxylic acids is 10. The number of benzene rings is 2. The van der Waals surface area contributed by atoms with Gasteiger partial charge in [0.2, 0.25) is 47.3 Å². The smallest absolute Gasteiger partial charge is 0.408 e. The average molecular weight is 1360 g/mol. The van der Waals surface area contributed by atoms with Gasteiger partial charge in [-0.15, -0.1) is 30.8 Å². The molecule has 27 heteroatoms. The van der Waals surface area contributed by atoms with Crippen molar-refractivity contribution < 1.29 is 73.0 Å². The number of methoxy groups -OCH3 is 1. The first-order valence-electron chi connectivity index (χ1n) is 32.9. The van der Waals surface area contributed by atoms with Crippen LogP contribution in [0.15, 0.2) is 48.5 Å². The van der Waals surface area contributed by atoms with Crippen LogP contribution in [0.3, 0.4) is 0 Å². The highest BCUT2D eigenvalue weighted by Gasteiger charge is 2.63. The molecule has 4 aliphatic rings. The summed E-state index contributed by atoms with van der Waals surface area (Å²) in [4.78, 5) is 145. The zero-order chi connectivity index (χ0) is 74.3. The van der Waals surface area contributed by atoms with Gasteiger partial charge in [0.05, 0.1) is 7.11 Å². The Labute approximate surface area is 571 Å². The van der Waals surface area contributed by atoms with Crippen molar-refractivity contribution in [2.24, 2.45) is 0 Å². The van der Waals surface area contributed by atoms with Crippen LogP contribution in [0.4, 0.5) is 4.79 Å². The second-order valence-electron chi connectivity index (χ2n) is 34.4. The molecule has 0 aromatic heterocycles. The Balaban J connectivity index is 1.22. The maximum absolute atomic E-state index is 15.4. The van der Waals surface area contributed by atoms with Crippen molar-refractivity contribution in [1.29, 1.82) is 0 Å². The Hall–Kier alpha value is -7.30. The number of piperidine rings is 3. The second kappa shape index (κ2) is 25.8. The Morgan fingerprint density at radius 2 is 0.629 bits per heavy atom. The molecule has 3 radical (unpaired) electrons. The summed E-state index contributed by atoms with van der Waals surface area (Å²) >= 11 is 0. The molecule has 3 heterocycles. The number of hydrogen-bond donors (Lipinski definition) is 9. The molecule has 2 aromatic carbocycles. The first-order chi connectivity index (χ1) is 43.7. The molecule has 537 valence electrons. The fourth-order valence-corrected chi connectivity index (χ4v) is 15.1. The van der Waals surface area contributed by atoms with Gasteiger partial charge in [0, 0.05) is 39.2 Å². The van der Waals surface area contributed by atoms with Gasteiger partial charge in [-0.05, 0) is 227 Å². The minimum absolute atomic E-state index is 0.0795. The number of nitrogens with one attached hydrogen (secondary N) is 9. The number of hydroxylamine groups is 6. The van der Waals surface area contributed by atoms with Crippen LogP contribution in [0.25, 0.3) is 11.1 Å². The lowest BCUT2D eigenvalue weighted by atomic mass is 9.69. The number of esters is 1. The van der Waals surface area contributed by atoms with Gasteiger partial charge >= 0.3 is 12.1 Å². The van der Waals surface area contributed by atoms with Gasteiger partial charge in [0.25, 0.3) is 0 Å². The maximum atomic E-state index is 15.4. The third-order valence-electron chi connectivity index (χ3n) is 19.5. The number of nitrogens with zero attached hydrogens (tertiary/aromatic N) is 3. The first-order valence-corrected chi connectivity index (χ1v) is 32.9. The standard InChI is InChI=1S/C70H107N12O15/c1-56(2)35-68(36-57(3,4)80(56)93,51(88)74-62(13,14)46(83)71-65(19,20)49(86)78-69(37-58(5,6)81(94)59(7,8)38-69)52(89)75-64(17,18)48(85)73-67(23,24)54(91)96-25)77-50(87)66(21,22)72-47(84)63(15,16)76-53(90)70(39-60(9,10)82(95)61(11,12)40-70)79-55(92)97-34-45-43-32-28-26-30-41(43)42-31-27-29-33-44(42)45/h26-33,45H,34-40H2,1-25H3,(H,71,83)(H,72,84)(H,73,85)(H,74,88)(H,75,89)(H,76,90)(H,77,87)(H,78,86)(H,79,92). The van der Waals surface area contributed by atoms with Crippen LogP contribution < -0.4 is 47.9 Å². The molecule has 3 fully saturated rings. The Bertz CT molecular complexity index is 3370. The summed E-state index contributed by atoms with van der Waals surface area (Å²) in [7, 11) is 1.16. The van der Waals surface area contributed by atoms with Gasteiger partial charge in [-0.1, -0.05) is 48.5 Å². The summed E-state index contributed by atoms with van der Waals surface area (Å²) in [5, 5.41) is 69.0. The van der Waals surface area contributed by atoms with E-state index in [-0.39, 0.29) is 51.0 Å². The van der Waals surface area contributed by atoms with Crippen LogP contribution in [0.2, 0.25) is 0 Å². The van der Waals surface area contributed by atoms with E-state index in [4.69, 9.17) is 9.47 Å². The van der Waals surface area contributed by atoms with Crippen LogP contribution >= 0.6 is 0 Å². The number of hydrogen-bond acceptors (Lipinski definition) is 15. The molecule has 1 aliphatic carbocycles. The van der Waals surface area contributed by atoms with Crippen molar-refractivity contribution in [3.05, 3.63) is 59.7 Å². The molecule has 3 saturated heterocycles. The van der Waals surface area contributed by atoms with Crippen molar-refractivity contribution >= 4 is 59.3 Å². The third kappa shape index (κ3) is 15.9. The molecule has 0 atom stereocenters. The number of amides is 9. The summed E-state index contributed by atoms with van der Waals surface area (Å²) < 4.78 is 10.8. The van der Waals surface area contributed by atoms with Crippen molar-refractivity contribution in [2.75, 3.05) is 13.7 Å². The molecule has 9 amide bonds. The van der Waals surface area contributed by atoms with Crippen molar-refractivity contribution in [1.82, 2.24) is 63.0 Å². The highest BCUT2D eigenvalue weighted by molar-refractivity contribution is 6.04. The highest BCUT2D eigenvalue weighted by Crippen LogP contribution is 2.48. The van der Waals surface area contributed by atoms with Crippen LogP contribution in [0, 0.1) is 0 Å². The van der Waals surface area contributed by atoms with E-state index < -0.39 is 142 Å². The minimum atomic E-state index is -2.00. The van der Waals surface area contributed by atoms with Gasteiger partial charge in [-0.25, -0.2) is 9.59 Å². The van der Waals surface area contributed by atoms with Crippen LogP contribution in [0.5, 0.6) is 0 Å². The summed E-state index contributed by atoms with van der Waals surface area (Å²) in [5.41, 5.74) is -20.4. The zero-order valence-corrected chi connectivity index (χ0v) is 61.6. The lowest BCUT2D eigenvalue weighted by molar-refractivity contribution is -0.296. The lowest BCUT2D eigenvalue weighted by Gasteiger charge is -2.55. The molecule has 6 rings (SSSR count). The molecule has 27 nitrogen and oxygen atoms in total. The number of alkyl carbamates (subject to hydrolysis) is 1. The van der Waals surface area contributed by atoms with Gasteiger partial charge in [-0.2, -0.15) is 0 Å². The summed E-state index contributed by atoms with van der Waals surface area (Å²) in [6, 6.07) is 15.6. The Morgan fingerprint density at radius 1 is 0.381 bits per heavy atom. The molecular formula is C70H107N12O15. The molecule has 3 aliphatic heterocycles. The SMILES string of the molecule is COC(=O)C(C)(C)NC(=O)C(C)(C)NC(=O)C1(NC(=O)C(C)(C)NC(=O)C(C)(C)NC(=O)C2(NC(=O)C(C)(C)NC(=O)C(C)(C)NC(=O)C3(NC(=O)OCC4c5ccccc5-c5ccccc54)CC(C)(C)N([O])C(C)(C)C3)CC(C)(C)N([O])C(C)(C)C2)CC(C)(C)N([O])C(C)(C)C1. The topological polar surface area (TPSA) is 367 Å². The summed E-state index contributed by atoms with van der Waals surface area (Å²) in [6.07, 6.45) is -2.54. The normalized spacial score (nSPS) is 20.9. The fourth-order valence-electron chi connectivity index (χ4n) is 15.1. The van der Waals surface area contributed by atoms with Crippen LogP contribution in [-0.2, 0) is 68.2 Å². The number of carbonyl (C=O) groups is 10. The summed E-state index contributed by atoms with van der Waals surface area (Å²) in [5.74, 6) is -8.03. The second-order valence-corrected chi connectivity index (χ2v) is 34.4. The van der Waals surface area contributed by atoms with Crippen molar-refractivity contribution in [3.63, 3.8) is 0 Å². The van der Waals surface area contributed by atoms with Crippen molar-refractivity contribution in [3.8, 4) is 11.1 Å².